The van der Waals surface area contributed by atoms with Crippen LogP contribution in [0.1, 0.15) is 23.7 Å². The summed E-state index contributed by atoms with van der Waals surface area (Å²) in [5, 5.41) is 3.20. The average Bonchev–Trinajstić information content (AvgIpc) is 2.83. The first-order valence-electron chi connectivity index (χ1n) is 5.95. The van der Waals surface area contributed by atoms with Crippen molar-refractivity contribution in [2.45, 2.75) is 19.0 Å². The highest BCUT2D eigenvalue weighted by Gasteiger charge is 2.25. The molecule has 1 fully saturated rings. The summed E-state index contributed by atoms with van der Waals surface area (Å²) in [6.45, 7) is 2.38. The Balaban J connectivity index is 2.02. The number of rotatable bonds is 4. The molecule has 0 radical (unpaired) electrons. The molecule has 1 heterocycles. The second-order valence-electron chi connectivity index (χ2n) is 4.43. The smallest absolute Gasteiger partial charge is 0.129 e. The van der Waals surface area contributed by atoms with Crippen molar-refractivity contribution in [2.75, 3.05) is 19.6 Å². The summed E-state index contributed by atoms with van der Waals surface area (Å²) >= 11 is 0. The van der Waals surface area contributed by atoms with Crippen LogP contribution in [0.15, 0.2) is 24.3 Å². The van der Waals surface area contributed by atoms with Gasteiger partial charge in [0, 0.05) is 12.5 Å². The lowest BCUT2D eigenvalue weighted by Crippen LogP contribution is -2.13. The lowest BCUT2D eigenvalue weighted by atomic mass is 9.95. The molecule has 88 valence electrons. The monoisotopic (exact) mass is 222 g/mol. The number of alkyl halides is 1. The lowest BCUT2D eigenvalue weighted by Gasteiger charge is -2.15. The molecule has 2 rings (SSSR count). The van der Waals surface area contributed by atoms with E-state index in [-0.39, 0.29) is 5.92 Å². The minimum atomic E-state index is -0.832. The van der Waals surface area contributed by atoms with Gasteiger partial charge >= 0.3 is 0 Å². The normalized spacial score (nSPS) is 22.2. The largest absolute Gasteiger partial charge is 0.330 e. The Kier molecular flexibility index (Phi) is 3.91. The second-order valence-corrected chi connectivity index (χ2v) is 4.43. The fourth-order valence-corrected chi connectivity index (χ4v) is 2.23. The third-order valence-corrected chi connectivity index (χ3v) is 3.24. The fraction of sp³-hybridized carbons (Fsp3) is 0.538. The molecule has 2 atom stereocenters. The molecule has 1 aromatic carbocycles. The average molecular weight is 222 g/mol. The van der Waals surface area contributed by atoms with Crippen LogP contribution >= 0.6 is 0 Å². The van der Waals surface area contributed by atoms with E-state index in [1.54, 1.807) is 0 Å². The molecule has 0 aromatic heterocycles. The molecule has 1 aromatic rings. The first-order valence-corrected chi connectivity index (χ1v) is 5.95. The van der Waals surface area contributed by atoms with Crippen LogP contribution in [0, 0.1) is 5.92 Å². The van der Waals surface area contributed by atoms with Crippen molar-refractivity contribution in [3.8, 4) is 0 Å². The number of nitrogens with two attached hydrogens (primary N) is 1. The van der Waals surface area contributed by atoms with Gasteiger partial charge in [-0.1, -0.05) is 24.3 Å². The Labute approximate surface area is 96.0 Å². The quantitative estimate of drug-likeness (QED) is 0.815. The van der Waals surface area contributed by atoms with E-state index in [1.165, 1.54) is 5.56 Å². The topological polar surface area (TPSA) is 38.0 Å². The van der Waals surface area contributed by atoms with E-state index in [2.05, 4.69) is 5.32 Å². The van der Waals surface area contributed by atoms with Gasteiger partial charge in [0.1, 0.15) is 6.17 Å². The van der Waals surface area contributed by atoms with E-state index in [1.807, 2.05) is 24.3 Å². The molecule has 1 aliphatic heterocycles. The van der Waals surface area contributed by atoms with Crippen molar-refractivity contribution >= 4 is 0 Å². The molecule has 1 saturated heterocycles. The highest BCUT2D eigenvalue weighted by Crippen LogP contribution is 2.30. The molecule has 0 spiro atoms. The van der Waals surface area contributed by atoms with Gasteiger partial charge in [-0.2, -0.15) is 0 Å². The molecule has 16 heavy (non-hydrogen) atoms. The van der Waals surface area contributed by atoms with Crippen LogP contribution in [-0.4, -0.2) is 19.6 Å². The maximum atomic E-state index is 14.1. The predicted molar refractivity (Wildman–Crippen MR) is 64.0 cm³/mol. The SMILES string of the molecule is NCCc1ccc(C(F)C2CCNC2)cc1. The van der Waals surface area contributed by atoms with Gasteiger partial charge in [-0.3, -0.25) is 0 Å². The van der Waals surface area contributed by atoms with Crippen molar-refractivity contribution < 1.29 is 4.39 Å². The van der Waals surface area contributed by atoms with Crippen LogP contribution in [0.3, 0.4) is 0 Å². The van der Waals surface area contributed by atoms with Gasteiger partial charge in [0.05, 0.1) is 0 Å². The van der Waals surface area contributed by atoms with Gasteiger partial charge in [0.2, 0.25) is 0 Å². The van der Waals surface area contributed by atoms with Gasteiger partial charge in [-0.25, -0.2) is 4.39 Å². The summed E-state index contributed by atoms with van der Waals surface area (Å²) in [4.78, 5) is 0. The first-order chi connectivity index (χ1) is 7.81. The number of nitrogens with one attached hydrogen (secondary N) is 1. The molecule has 0 amide bonds. The second kappa shape index (κ2) is 5.41. The zero-order valence-electron chi connectivity index (χ0n) is 9.45. The van der Waals surface area contributed by atoms with Crippen LogP contribution in [0.2, 0.25) is 0 Å². The van der Waals surface area contributed by atoms with Crippen LogP contribution in [-0.2, 0) is 6.42 Å². The number of hydrogen-bond acceptors (Lipinski definition) is 2. The minimum Gasteiger partial charge on any atom is -0.330 e. The van der Waals surface area contributed by atoms with Crippen molar-refractivity contribution in [1.82, 2.24) is 5.32 Å². The lowest BCUT2D eigenvalue weighted by molar-refractivity contribution is 0.246. The van der Waals surface area contributed by atoms with Crippen molar-refractivity contribution in [1.29, 1.82) is 0 Å². The van der Waals surface area contributed by atoms with Gasteiger partial charge in [0.25, 0.3) is 0 Å². The maximum Gasteiger partial charge on any atom is 0.129 e. The molecule has 0 aliphatic carbocycles. The van der Waals surface area contributed by atoms with E-state index in [9.17, 15) is 4.39 Å². The van der Waals surface area contributed by atoms with Crippen molar-refractivity contribution in [3.05, 3.63) is 35.4 Å². The predicted octanol–water partition coefficient (Wildman–Crippen LogP) is 1.81. The summed E-state index contributed by atoms with van der Waals surface area (Å²) in [5.41, 5.74) is 7.46. The Morgan fingerprint density at radius 1 is 1.38 bits per heavy atom. The van der Waals surface area contributed by atoms with E-state index < -0.39 is 6.17 Å². The molecule has 0 bridgehead atoms. The first kappa shape index (κ1) is 11.6. The number of halogens is 1. The molecule has 1 aliphatic rings. The summed E-state index contributed by atoms with van der Waals surface area (Å²) in [6.07, 6.45) is 0.968. The van der Waals surface area contributed by atoms with E-state index >= 15 is 0 Å². The minimum absolute atomic E-state index is 0.139. The van der Waals surface area contributed by atoms with E-state index in [4.69, 9.17) is 5.73 Å². The third-order valence-electron chi connectivity index (χ3n) is 3.24. The summed E-state index contributed by atoms with van der Waals surface area (Å²) in [6, 6.07) is 7.76. The fourth-order valence-electron chi connectivity index (χ4n) is 2.23. The molecular weight excluding hydrogens is 203 g/mol. The Hall–Kier alpha value is -0.930. The van der Waals surface area contributed by atoms with Crippen LogP contribution < -0.4 is 11.1 Å². The Morgan fingerprint density at radius 3 is 2.69 bits per heavy atom. The summed E-state index contributed by atoms with van der Waals surface area (Å²) in [7, 11) is 0. The Bertz CT molecular complexity index is 317. The van der Waals surface area contributed by atoms with Crippen LogP contribution in [0.25, 0.3) is 0 Å². The summed E-state index contributed by atoms with van der Waals surface area (Å²) in [5.74, 6) is 0.139. The zero-order valence-corrected chi connectivity index (χ0v) is 9.45. The molecule has 0 saturated carbocycles. The van der Waals surface area contributed by atoms with Gasteiger partial charge in [-0.15, -0.1) is 0 Å². The van der Waals surface area contributed by atoms with Gasteiger partial charge < -0.3 is 11.1 Å². The van der Waals surface area contributed by atoms with Crippen molar-refractivity contribution in [3.63, 3.8) is 0 Å². The van der Waals surface area contributed by atoms with E-state index in [0.29, 0.717) is 6.54 Å². The number of benzene rings is 1. The molecule has 3 heteroatoms. The highest BCUT2D eigenvalue weighted by atomic mass is 19.1. The zero-order chi connectivity index (χ0) is 11.4. The van der Waals surface area contributed by atoms with Crippen molar-refractivity contribution in [2.24, 2.45) is 11.7 Å². The van der Waals surface area contributed by atoms with Gasteiger partial charge in [-0.05, 0) is 37.1 Å². The highest BCUT2D eigenvalue weighted by molar-refractivity contribution is 5.25. The maximum absolute atomic E-state index is 14.1. The number of hydrogen-bond donors (Lipinski definition) is 2. The molecular formula is C13H19FN2. The molecule has 3 N–H and O–H groups in total. The van der Waals surface area contributed by atoms with Gasteiger partial charge in [0.15, 0.2) is 0 Å². The molecule has 2 unspecified atom stereocenters. The Morgan fingerprint density at radius 2 is 2.12 bits per heavy atom. The van der Waals surface area contributed by atoms with Crippen LogP contribution in [0.5, 0.6) is 0 Å². The van der Waals surface area contributed by atoms with Crippen LogP contribution in [0.4, 0.5) is 4.39 Å². The summed E-state index contributed by atoms with van der Waals surface area (Å²) < 4.78 is 14.1. The standard InChI is InChI=1S/C13H19FN2/c14-13(12-6-8-16-9-12)11-3-1-10(2-4-11)5-7-15/h1-4,12-13,16H,5-9,15H2. The van der Waals surface area contributed by atoms with E-state index in [0.717, 1.165) is 31.5 Å². The molecule has 2 nitrogen and oxygen atoms in total. The third kappa shape index (κ3) is 2.60.